The van der Waals surface area contributed by atoms with Crippen LogP contribution in [0.1, 0.15) is 34.5 Å². The molecule has 5 heteroatoms. The van der Waals surface area contributed by atoms with E-state index in [9.17, 15) is 4.79 Å². The first-order chi connectivity index (χ1) is 9.90. The Balaban J connectivity index is 2.25. The van der Waals surface area contributed by atoms with Crippen molar-refractivity contribution in [2.75, 3.05) is 5.73 Å². The summed E-state index contributed by atoms with van der Waals surface area (Å²) in [6.07, 6.45) is 0. The van der Waals surface area contributed by atoms with E-state index in [0.717, 1.165) is 20.1 Å². The highest BCUT2D eigenvalue weighted by Crippen LogP contribution is 2.25. The largest absolute Gasteiger partial charge is 0.398 e. The summed E-state index contributed by atoms with van der Waals surface area (Å²) < 4.78 is 1.77. The Hall–Kier alpha value is -1.33. The molecule has 2 aromatic carbocycles. The first-order valence-corrected chi connectivity index (χ1v) is 8.09. The van der Waals surface area contributed by atoms with Crippen LogP contribution in [0.15, 0.2) is 45.3 Å². The monoisotopic (exact) mass is 410 g/mol. The molecule has 0 aromatic heterocycles. The van der Waals surface area contributed by atoms with Crippen LogP contribution in [0.2, 0.25) is 0 Å². The van der Waals surface area contributed by atoms with Crippen LogP contribution < -0.4 is 11.1 Å². The fourth-order valence-corrected chi connectivity index (χ4v) is 3.22. The molecule has 2 aromatic rings. The van der Waals surface area contributed by atoms with Crippen LogP contribution in [0.3, 0.4) is 0 Å². The van der Waals surface area contributed by atoms with Crippen molar-refractivity contribution in [3.8, 4) is 0 Å². The van der Waals surface area contributed by atoms with Crippen LogP contribution in [-0.2, 0) is 0 Å². The predicted molar refractivity (Wildman–Crippen MR) is 93.3 cm³/mol. The van der Waals surface area contributed by atoms with Gasteiger partial charge in [-0.05, 0) is 43.2 Å². The van der Waals surface area contributed by atoms with Gasteiger partial charge in [0.1, 0.15) is 0 Å². The maximum Gasteiger partial charge on any atom is 0.252 e. The van der Waals surface area contributed by atoms with E-state index in [1.807, 2.05) is 38.1 Å². The summed E-state index contributed by atoms with van der Waals surface area (Å²) in [4.78, 5) is 12.5. The molecule has 0 saturated heterocycles. The maximum atomic E-state index is 12.5. The number of nitrogen functional groups attached to an aromatic ring is 1. The van der Waals surface area contributed by atoms with Gasteiger partial charge >= 0.3 is 0 Å². The number of carbonyl (C=O) groups excluding carboxylic acids is 1. The number of benzene rings is 2. The lowest BCUT2D eigenvalue weighted by Gasteiger charge is -2.17. The van der Waals surface area contributed by atoms with Crippen LogP contribution in [0.25, 0.3) is 0 Å². The van der Waals surface area contributed by atoms with Crippen molar-refractivity contribution in [1.82, 2.24) is 5.32 Å². The minimum atomic E-state index is -0.135. The number of hydrogen-bond acceptors (Lipinski definition) is 2. The third kappa shape index (κ3) is 3.66. The van der Waals surface area contributed by atoms with Gasteiger partial charge < -0.3 is 11.1 Å². The van der Waals surface area contributed by atoms with Crippen LogP contribution >= 0.6 is 31.9 Å². The normalized spacial score (nSPS) is 12.0. The summed E-state index contributed by atoms with van der Waals surface area (Å²) in [6, 6.07) is 11.3. The summed E-state index contributed by atoms with van der Waals surface area (Å²) in [5, 5.41) is 3.00. The van der Waals surface area contributed by atoms with Gasteiger partial charge in [0.15, 0.2) is 0 Å². The van der Waals surface area contributed by atoms with Crippen LogP contribution in [0.4, 0.5) is 5.69 Å². The first-order valence-electron chi connectivity index (χ1n) is 6.51. The van der Waals surface area contributed by atoms with Crippen LogP contribution in [0.5, 0.6) is 0 Å². The molecule has 0 aliphatic carbocycles. The van der Waals surface area contributed by atoms with Gasteiger partial charge in [0.05, 0.1) is 6.04 Å². The molecule has 1 unspecified atom stereocenters. The fourth-order valence-electron chi connectivity index (χ4n) is 2.11. The molecule has 110 valence electrons. The van der Waals surface area contributed by atoms with E-state index in [0.29, 0.717) is 11.3 Å². The van der Waals surface area contributed by atoms with Gasteiger partial charge in [-0.2, -0.15) is 0 Å². The zero-order valence-electron chi connectivity index (χ0n) is 11.8. The molecular weight excluding hydrogens is 396 g/mol. The van der Waals surface area contributed by atoms with Gasteiger partial charge in [-0.25, -0.2) is 0 Å². The average Bonchev–Trinajstić information content (AvgIpc) is 2.43. The SMILES string of the molecule is Cc1c(N)cc(Br)cc1C(=O)NC(C)c1ccccc1Br. The van der Waals surface area contributed by atoms with Crippen molar-refractivity contribution < 1.29 is 4.79 Å². The molecule has 0 radical (unpaired) electrons. The summed E-state index contributed by atoms with van der Waals surface area (Å²) >= 11 is 6.87. The molecule has 0 heterocycles. The summed E-state index contributed by atoms with van der Waals surface area (Å²) in [7, 11) is 0. The minimum absolute atomic E-state index is 0.104. The summed E-state index contributed by atoms with van der Waals surface area (Å²) in [5.41, 5.74) is 8.91. The Morgan fingerprint density at radius 1 is 1.24 bits per heavy atom. The molecular formula is C16H16Br2N2O. The predicted octanol–water partition coefficient (Wildman–Crippen LogP) is 4.59. The highest BCUT2D eigenvalue weighted by Gasteiger charge is 2.16. The standard InChI is InChI=1S/C16H16Br2N2O/c1-9-13(7-11(17)8-15(9)19)16(21)20-10(2)12-5-3-4-6-14(12)18/h3-8,10H,19H2,1-2H3,(H,20,21). The van der Waals surface area contributed by atoms with Gasteiger partial charge in [-0.3, -0.25) is 4.79 Å². The number of rotatable bonds is 3. The first kappa shape index (κ1) is 16.0. The van der Waals surface area contributed by atoms with Crippen LogP contribution in [-0.4, -0.2) is 5.91 Å². The molecule has 0 spiro atoms. The Kier molecular flexibility index (Phi) is 5.06. The number of hydrogen-bond donors (Lipinski definition) is 2. The van der Waals surface area contributed by atoms with Crippen molar-refractivity contribution >= 4 is 43.5 Å². The highest BCUT2D eigenvalue weighted by molar-refractivity contribution is 9.10. The van der Waals surface area contributed by atoms with Crippen LogP contribution in [0, 0.1) is 6.92 Å². The number of carbonyl (C=O) groups is 1. The molecule has 2 rings (SSSR count). The van der Waals surface area contributed by atoms with Crippen molar-refractivity contribution in [1.29, 1.82) is 0 Å². The molecule has 1 atom stereocenters. The lowest BCUT2D eigenvalue weighted by atomic mass is 10.0. The third-order valence-corrected chi connectivity index (χ3v) is 4.56. The van der Waals surface area contributed by atoms with Gasteiger partial charge in [0.2, 0.25) is 0 Å². The molecule has 21 heavy (non-hydrogen) atoms. The number of nitrogens with one attached hydrogen (secondary N) is 1. The van der Waals surface area contributed by atoms with E-state index in [1.54, 1.807) is 12.1 Å². The Labute approximate surface area is 141 Å². The quantitative estimate of drug-likeness (QED) is 0.725. The van der Waals surface area contributed by atoms with Gasteiger partial charge in [-0.1, -0.05) is 50.1 Å². The number of amides is 1. The fraction of sp³-hybridized carbons (Fsp3) is 0.188. The Morgan fingerprint density at radius 3 is 2.57 bits per heavy atom. The molecule has 3 N–H and O–H groups in total. The molecule has 3 nitrogen and oxygen atoms in total. The van der Waals surface area contributed by atoms with Gasteiger partial charge in [0, 0.05) is 20.2 Å². The van der Waals surface area contributed by atoms with E-state index in [1.165, 1.54) is 0 Å². The molecule has 0 bridgehead atoms. The summed E-state index contributed by atoms with van der Waals surface area (Å²) in [6.45, 7) is 3.80. The number of halogens is 2. The van der Waals surface area contributed by atoms with E-state index in [-0.39, 0.29) is 11.9 Å². The zero-order chi connectivity index (χ0) is 15.6. The second-order valence-electron chi connectivity index (χ2n) is 4.88. The van der Waals surface area contributed by atoms with Gasteiger partial charge in [-0.15, -0.1) is 0 Å². The van der Waals surface area contributed by atoms with Crippen molar-refractivity contribution in [3.05, 3.63) is 62.0 Å². The smallest absolute Gasteiger partial charge is 0.252 e. The van der Waals surface area contributed by atoms with Crippen molar-refractivity contribution in [3.63, 3.8) is 0 Å². The third-order valence-electron chi connectivity index (χ3n) is 3.38. The lowest BCUT2D eigenvalue weighted by Crippen LogP contribution is -2.27. The molecule has 1 amide bonds. The van der Waals surface area contributed by atoms with E-state index >= 15 is 0 Å². The Morgan fingerprint density at radius 2 is 1.90 bits per heavy atom. The Bertz CT molecular complexity index is 686. The molecule has 0 aliphatic rings. The number of anilines is 1. The summed E-state index contributed by atoms with van der Waals surface area (Å²) in [5.74, 6) is -0.135. The molecule has 0 saturated carbocycles. The van der Waals surface area contributed by atoms with Crippen molar-refractivity contribution in [2.24, 2.45) is 0 Å². The highest BCUT2D eigenvalue weighted by atomic mass is 79.9. The van der Waals surface area contributed by atoms with E-state index in [4.69, 9.17) is 5.73 Å². The maximum absolute atomic E-state index is 12.5. The molecule has 0 fully saturated rings. The topological polar surface area (TPSA) is 55.1 Å². The van der Waals surface area contributed by atoms with Gasteiger partial charge in [0.25, 0.3) is 5.91 Å². The zero-order valence-corrected chi connectivity index (χ0v) is 15.0. The number of nitrogens with two attached hydrogens (primary N) is 1. The van der Waals surface area contributed by atoms with E-state index in [2.05, 4.69) is 37.2 Å². The second kappa shape index (κ2) is 6.62. The minimum Gasteiger partial charge on any atom is -0.398 e. The van der Waals surface area contributed by atoms with Crippen molar-refractivity contribution in [2.45, 2.75) is 19.9 Å². The molecule has 0 aliphatic heterocycles. The average molecular weight is 412 g/mol. The lowest BCUT2D eigenvalue weighted by molar-refractivity contribution is 0.0939. The van der Waals surface area contributed by atoms with E-state index < -0.39 is 0 Å². The second-order valence-corrected chi connectivity index (χ2v) is 6.65.